The fourth-order valence-electron chi connectivity index (χ4n) is 2.03. The summed E-state index contributed by atoms with van der Waals surface area (Å²) in [4.78, 5) is 4.11. The minimum atomic E-state index is -4.40. The van der Waals surface area contributed by atoms with Gasteiger partial charge in [0.2, 0.25) is 0 Å². The molecule has 0 atom stereocenters. The fourth-order valence-corrected chi connectivity index (χ4v) is 2.03. The summed E-state index contributed by atoms with van der Waals surface area (Å²) < 4.78 is 51.9. The number of methoxy groups -OCH3 is 1. The number of guanidine groups is 1. The second kappa shape index (κ2) is 11.5. The number of benzene rings is 1. The number of halogens is 3. The van der Waals surface area contributed by atoms with Gasteiger partial charge in [0.25, 0.3) is 0 Å². The van der Waals surface area contributed by atoms with Gasteiger partial charge in [-0.15, -0.1) is 0 Å². The number of nitrogens with zero attached hydrogens (tertiary/aromatic N) is 1. The average molecular weight is 377 g/mol. The topological polar surface area (TPSA) is 64.1 Å². The highest BCUT2D eigenvalue weighted by molar-refractivity contribution is 5.79. The van der Waals surface area contributed by atoms with E-state index in [0.29, 0.717) is 32.3 Å². The zero-order valence-corrected chi connectivity index (χ0v) is 15.3. The molecule has 9 heteroatoms. The number of ether oxygens (including phenoxy) is 3. The van der Waals surface area contributed by atoms with Gasteiger partial charge in [0.15, 0.2) is 24.1 Å². The molecule has 1 aromatic rings. The quantitative estimate of drug-likeness (QED) is 0.373. The Balaban J connectivity index is 2.53. The zero-order chi connectivity index (χ0) is 19.4. The maximum Gasteiger partial charge on any atom is 0.422 e. The zero-order valence-electron chi connectivity index (χ0n) is 15.3. The van der Waals surface area contributed by atoms with Crippen LogP contribution in [0.2, 0.25) is 0 Å². The Morgan fingerprint density at radius 2 is 1.96 bits per heavy atom. The van der Waals surface area contributed by atoms with Crippen LogP contribution in [0, 0.1) is 0 Å². The first-order chi connectivity index (χ1) is 12.4. The highest BCUT2D eigenvalue weighted by atomic mass is 19.4. The molecule has 0 bridgehead atoms. The van der Waals surface area contributed by atoms with Gasteiger partial charge in [0.05, 0.1) is 7.11 Å². The number of alkyl halides is 3. The summed E-state index contributed by atoms with van der Waals surface area (Å²) >= 11 is 0. The first-order valence-corrected chi connectivity index (χ1v) is 8.28. The van der Waals surface area contributed by atoms with Crippen molar-refractivity contribution < 1.29 is 27.4 Å². The summed E-state index contributed by atoms with van der Waals surface area (Å²) in [7, 11) is 3.04. The second-order valence-corrected chi connectivity index (χ2v) is 5.29. The maximum atomic E-state index is 12.3. The number of hydrogen-bond donors (Lipinski definition) is 2. The van der Waals surface area contributed by atoms with Crippen molar-refractivity contribution in [2.45, 2.75) is 26.1 Å². The van der Waals surface area contributed by atoms with Gasteiger partial charge in [0, 0.05) is 33.4 Å². The van der Waals surface area contributed by atoms with Gasteiger partial charge in [-0.05, 0) is 31.0 Å². The molecule has 0 saturated carbocycles. The van der Waals surface area contributed by atoms with E-state index in [1.54, 1.807) is 19.2 Å². The Labute approximate surface area is 151 Å². The monoisotopic (exact) mass is 377 g/mol. The Morgan fingerprint density at radius 3 is 2.58 bits per heavy atom. The van der Waals surface area contributed by atoms with E-state index in [2.05, 4.69) is 15.6 Å². The molecule has 0 radical (unpaired) electrons. The molecule has 0 saturated heterocycles. The summed E-state index contributed by atoms with van der Waals surface area (Å²) in [6.07, 6.45) is -3.54. The molecule has 1 rings (SSSR count). The summed E-state index contributed by atoms with van der Waals surface area (Å²) in [5, 5.41) is 6.28. The SMILES string of the molecule is CCOCCCNC(=NC)NCc1ccc(OCC(F)(F)F)c(OC)c1. The van der Waals surface area contributed by atoms with E-state index in [4.69, 9.17) is 14.2 Å². The first-order valence-electron chi connectivity index (χ1n) is 8.28. The van der Waals surface area contributed by atoms with Crippen molar-refractivity contribution in [1.82, 2.24) is 10.6 Å². The van der Waals surface area contributed by atoms with Crippen LogP contribution in [0.3, 0.4) is 0 Å². The van der Waals surface area contributed by atoms with E-state index in [1.807, 2.05) is 6.92 Å². The molecule has 0 aromatic heterocycles. The van der Waals surface area contributed by atoms with Crippen LogP contribution in [-0.4, -0.2) is 52.7 Å². The predicted octanol–water partition coefficient (Wildman–Crippen LogP) is 2.73. The number of rotatable bonds is 10. The van der Waals surface area contributed by atoms with E-state index in [9.17, 15) is 13.2 Å². The largest absolute Gasteiger partial charge is 0.493 e. The maximum absolute atomic E-state index is 12.3. The molecule has 6 nitrogen and oxygen atoms in total. The van der Waals surface area contributed by atoms with Crippen molar-refractivity contribution >= 4 is 5.96 Å². The number of aliphatic imine (C=N–C) groups is 1. The van der Waals surface area contributed by atoms with Crippen LogP contribution in [0.1, 0.15) is 18.9 Å². The minimum Gasteiger partial charge on any atom is -0.493 e. The van der Waals surface area contributed by atoms with Crippen LogP contribution in [0.15, 0.2) is 23.2 Å². The number of hydrogen-bond acceptors (Lipinski definition) is 4. The molecule has 0 aliphatic carbocycles. The fraction of sp³-hybridized carbons (Fsp3) is 0.588. The van der Waals surface area contributed by atoms with Crippen LogP contribution in [0.25, 0.3) is 0 Å². The molecule has 0 unspecified atom stereocenters. The highest BCUT2D eigenvalue weighted by Crippen LogP contribution is 2.29. The Hall–Kier alpha value is -2.16. The molecule has 0 fully saturated rings. The molecule has 148 valence electrons. The number of nitrogens with one attached hydrogen (secondary N) is 2. The molecule has 0 heterocycles. The van der Waals surface area contributed by atoms with Crippen molar-refractivity contribution in [2.24, 2.45) is 4.99 Å². The van der Waals surface area contributed by atoms with Crippen molar-refractivity contribution in [2.75, 3.05) is 40.5 Å². The Bertz CT molecular complexity index is 566. The molecule has 0 aliphatic heterocycles. The highest BCUT2D eigenvalue weighted by Gasteiger charge is 2.29. The molecular formula is C17H26F3N3O3. The summed E-state index contributed by atoms with van der Waals surface area (Å²) in [6, 6.07) is 4.75. The Kier molecular flexibility index (Phi) is 9.64. The van der Waals surface area contributed by atoms with Gasteiger partial charge in [0.1, 0.15) is 0 Å². The lowest BCUT2D eigenvalue weighted by Crippen LogP contribution is -2.37. The van der Waals surface area contributed by atoms with E-state index in [0.717, 1.165) is 12.0 Å². The van der Waals surface area contributed by atoms with Crippen LogP contribution in [-0.2, 0) is 11.3 Å². The van der Waals surface area contributed by atoms with Gasteiger partial charge in [-0.1, -0.05) is 6.07 Å². The van der Waals surface area contributed by atoms with E-state index >= 15 is 0 Å². The van der Waals surface area contributed by atoms with Crippen LogP contribution >= 0.6 is 0 Å². The lowest BCUT2D eigenvalue weighted by atomic mass is 10.2. The van der Waals surface area contributed by atoms with Crippen molar-refractivity contribution in [3.05, 3.63) is 23.8 Å². The van der Waals surface area contributed by atoms with Gasteiger partial charge in [-0.2, -0.15) is 13.2 Å². The van der Waals surface area contributed by atoms with E-state index in [1.165, 1.54) is 13.2 Å². The molecule has 1 aromatic carbocycles. The summed E-state index contributed by atoms with van der Waals surface area (Å²) in [5.74, 6) is 0.915. The molecule has 0 amide bonds. The summed E-state index contributed by atoms with van der Waals surface area (Å²) in [5.41, 5.74) is 0.818. The van der Waals surface area contributed by atoms with Crippen LogP contribution in [0.4, 0.5) is 13.2 Å². The van der Waals surface area contributed by atoms with Crippen LogP contribution < -0.4 is 20.1 Å². The minimum absolute atomic E-state index is 0.0482. The normalized spacial score (nSPS) is 12.0. The van der Waals surface area contributed by atoms with Crippen molar-refractivity contribution in [1.29, 1.82) is 0 Å². The standard InChI is InChI=1S/C17H26F3N3O3/c1-4-25-9-5-8-22-16(21-2)23-11-13-6-7-14(15(10-13)24-3)26-12-17(18,19)20/h6-7,10H,4-5,8-9,11-12H2,1-3H3,(H2,21,22,23). The smallest absolute Gasteiger partial charge is 0.422 e. The molecule has 26 heavy (non-hydrogen) atoms. The third-order valence-electron chi connectivity index (χ3n) is 3.26. The molecular weight excluding hydrogens is 351 g/mol. The molecule has 2 N–H and O–H groups in total. The van der Waals surface area contributed by atoms with E-state index in [-0.39, 0.29) is 11.5 Å². The third-order valence-corrected chi connectivity index (χ3v) is 3.26. The molecule has 0 aliphatic rings. The lowest BCUT2D eigenvalue weighted by molar-refractivity contribution is -0.153. The van der Waals surface area contributed by atoms with Gasteiger partial charge >= 0.3 is 6.18 Å². The van der Waals surface area contributed by atoms with Crippen molar-refractivity contribution in [3.8, 4) is 11.5 Å². The first kappa shape index (κ1) is 21.9. The van der Waals surface area contributed by atoms with Crippen molar-refractivity contribution in [3.63, 3.8) is 0 Å². The summed E-state index contributed by atoms with van der Waals surface area (Å²) in [6.45, 7) is 3.10. The van der Waals surface area contributed by atoms with E-state index < -0.39 is 12.8 Å². The predicted molar refractivity (Wildman–Crippen MR) is 93.9 cm³/mol. The Morgan fingerprint density at radius 1 is 1.19 bits per heavy atom. The lowest BCUT2D eigenvalue weighted by Gasteiger charge is -2.15. The third kappa shape index (κ3) is 8.80. The molecule has 0 spiro atoms. The van der Waals surface area contributed by atoms with Gasteiger partial charge in [-0.3, -0.25) is 4.99 Å². The second-order valence-electron chi connectivity index (χ2n) is 5.29. The average Bonchev–Trinajstić information content (AvgIpc) is 2.61. The van der Waals surface area contributed by atoms with Crippen LogP contribution in [0.5, 0.6) is 11.5 Å². The van der Waals surface area contributed by atoms with Gasteiger partial charge < -0.3 is 24.8 Å². The van der Waals surface area contributed by atoms with Gasteiger partial charge in [-0.25, -0.2) is 0 Å².